The number of rotatable bonds is 7. The van der Waals surface area contributed by atoms with E-state index < -0.39 is 11.9 Å². The van der Waals surface area contributed by atoms with Crippen LogP contribution in [0.1, 0.15) is 11.1 Å². The maximum absolute atomic E-state index is 13.4. The third-order valence-corrected chi connectivity index (χ3v) is 4.92. The van der Waals surface area contributed by atoms with Gasteiger partial charge in [-0.15, -0.1) is 11.8 Å². The molecule has 1 N–H and O–H groups in total. The SMILES string of the molecule is Cc1cc(Br)ccc1SCC(=O)OCC(=O)NCc1ccccc1F. The number of thioether (sulfide) groups is 1. The molecule has 0 aromatic heterocycles. The molecule has 0 unspecified atom stereocenters. The summed E-state index contributed by atoms with van der Waals surface area (Å²) in [5.74, 6) is -1.22. The van der Waals surface area contributed by atoms with E-state index in [0.29, 0.717) is 5.56 Å². The Balaban J connectivity index is 1.70. The van der Waals surface area contributed by atoms with Crippen molar-refractivity contribution in [3.8, 4) is 0 Å². The number of carbonyl (C=O) groups excluding carboxylic acids is 2. The molecule has 0 spiro atoms. The monoisotopic (exact) mass is 425 g/mol. The van der Waals surface area contributed by atoms with Crippen LogP contribution >= 0.6 is 27.7 Å². The van der Waals surface area contributed by atoms with Gasteiger partial charge in [-0.1, -0.05) is 34.1 Å². The van der Waals surface area contributed by atoms with Gasteiger partial charge < -0.3 is 10.1 Å². The Morgan fingerprint density at radius 3 is 2.72 bits per heavy atom. The summed E-state index contributed by atoms with van der Waals surface area (Å²) in [4.78, 5) is 24.4. The number of hydrogen-bond donors (Lipinski definition) is 1. The third kappa shape index (κ3) is 6.51. The summed E-state index contributed by atoms with van der Waals surface area (Å²) in [5, 5.41) is 2.52. The number of carbonyl (C=O) groups is 2. The van der Waals surface area contributed by atoms with Gasteiger partial charge in [-0.3, -0.25) is 9.59 Å². The lowest BCUT2D eigenvalue weighted by Crippen LogP contribution is -2.29. The first-order chi connectivity index (χ1) is 12.0. The molecule has 0 aliphatic heterocycles. The van der Waals surface area contributed by atoms with Crippen molar-refractivity contribution in [2.45, 2.75) is 18.4 Å². The van der Waals surface area contributed by atoms with E-state index in [-0.39, 0.29) is 24.7 Å². The zero-order valence-electron chi connectivity index (χ0n) is 13.6. The number of esters is 1. The van der Waals surface area contributed by atoms with Crippen molar-refractivity contribution in [3.05, 3.63) is 63.9 Å². The number of ether oxygens (including phenoxy) is 1. The fourth-order valence-electron chi connectivity index (χ4n) is 1.99. The molecule has 2 aromatic carbocycles. The van der Waals surface area contributed by atoms with Crippen molar-refractivity contribution in [2.24, 2.45) is 0 Å². The number of hydrogen-bond acceptors (Lipinski definition) is 4. The maximum Gasteiger partial charge on any atom is 0.316 e. The molecular weight excluding hydrogens is 409 g/mol. The highest BCUT2D eigenvalue weighted by Gasteiger charge is 2.10. The van der Waals surface area contributed by atoms with Crippen LogP contribution in [0.15, 0.2) is 51.8 Å². The highest BCUT2D eigenvalue weighted by Crippen LogP contribution is 2.25. The minimum Gasteiger partial charge on any atom is -0.455 e. The molecule has 0 radical (unpaired) electrons. The second-order valence-electron chi connectivity index (χ2n) is 5.23. The maximum atomic E-state index is 13.4. The predicted octanol–water partition coefficient (Wildman–Crippen LogP) is 3.85. The summed E-state index contributed by atoms with van der Waals surface area (Å²) < 4.78 is 19.3. The Kier molecular flexibility index (Phi) is 7.46. The molecule has 7 heteroatoms. The standard InChI is InChI=1S/C18H17BrFNO3S/c1-12-8-14(19)6-7-16(12)25-11-18(23)24-10-17(22)21-9-13-4-2-3-5-15(13)20/h2-8H,9-11H2,1H3,(H,21,22). The van der Waals surface area contributed by atoms with E-state index in [2.05, 4.69) is 21.2 Å². The van der Waals surface area contributed by atoms with Gasteiger partial charge in [0.2, 0.25) is 0 Å². The molecule has 2 rings (SSSR count). The Morgan fingerprint density at radius 1 is 1.24 bits per heavy atom. The van der Waals surface area contributed by atoms with Crippen molar-refractivity contribution < 1.29 is 18.7 Å². The van der Waals surface area contributed by atoms with Crippen LogP contribution in [0, 0.1) is 12.7 Å². The fraction of sp³-hybridized carbons (Fsp3) is 0.222. The summed E-state index contributed by atoms with van der Waals surface area (Å²) in [6.45, 7) is 1.62. The molecule has 2 aromatic rings. The van der Waals surface area contributed by atoms with E-state index in [9.17, 15) is 14.0 Å². The van der Waals surface area contributed by atoms with Crippen molar-refractivity contribution in [2.75, 3.05) is 12.4 Å². The number of aryl methyl sites for hydroxylation is 1. The molecule has 1 amide bonds. The largest absolute Gasteiger partial charge is 0.455 e. The van der Waals surface area contributed by atoms with Crippen molar-refractivity contribution in [1.82, 2.24) is 5.32 Å². The smallest absolute Gasteiger partial charge is 0.316 e. The summed E-state index contributed by atoms with van der Waals surface area (Å²) in [5.41, 5.74) is 1.43. The third-order valence-electron chi connectivity index (χ3n) is 3.28. The van der Waals surface area contributed by atoms with Gasteiger partial charge in [0.15, 0.2) is 6.61 Å². The molecule has 0 aliphatic rings. The van der Waals surface area contributed by atoms with Gasteiger partial charge in [0.1, 0.15) is 5.82 Å². The predicted molar refractivity (Wildman–Crippen MR) is 98.8 cm³/mol. The van der Waals surface area contributed by atoms with Gasteiger partial charge in [-0.25, -0.2) is 4.39 Å². The first kappa shape index (κ1) is 19.5. The van der Waals surface area contributed by atoms with Crippen LogP contribution in [0.2, 0.25) is 0 Å². The first-order valence-electron chi connectivity index (χ1n) is 7.50. The normalized spacial score (nSPS) is 10.4. The molecule has 0 heterocycles. The van der Waals surface area contributed by atoms with E-state index in [1.807, 2.05) is 25.1 Å². The Bertz CT molecular complexity index is 770. The topological polar surface area (TPSA) is 55.4 Å². The average Bonchev–Trinajstić information content (AvgIpc) is 2.58. The van der Waals surface area contributed by atoms with Gasteiger partial charge in [-0.2, -0.15) is 0 Å². The van der Waals surface area contributed by atoms with Crippen molar-refractivity contribution in [1.29, 1.82) is 0 Å². The van der Waals surface area contributed by atoms with Crippen LogP contribution in [0.5, 0.6) is 0 Å². The fourth-order valence-corrected chi connectivity index (χ4v) is 3.27. The second-order valence-corrected chi connectivity index (χ2v) is 7.16. The van der Waals surface area contributed by atoms with Crippen LogP contribution in [0.3, 0.4) is 0 Å². The Labute approximate surface area is 158 Å². The summed E-state index contributed by atoms with van der Waals surface area (Å²) in [6, 6.07) is 11.9. The second kappa shape index (κ2) is 9.58. The Hall–Kier alpha value is -1.86. The van der Waals surface area contributed by atoms with Gasteiger partial charge in [-0.05, 0) is 36.8 Å². The van der Waals surface area contributed by atoms with Crippen LogP contribution in [0.4, 0.5) is 4.39 Å². The molecule has 0 saturated carbocycles. The zero-order valence-corrected chi connectivity index (χ0v) is 16.0. The minimum absolute atomic E-state index is 0.0515. The van der Waals surface area contributed by atoms with Crippen LogP contribution < -0.4 is 5.32 Å². The van der Waals surface area contributed by atoms with E-state index in [1.165, 1.54) is 17.8 Å². The number of amides is 1. The van der Waals surface area contributed by atoms with E-state index in [1.54, 1.807) is 18.2 Å². The van der Waals surface area contributed by atoms with Gasteiger partial charge >= 0.3 is 5.97 Å². The van der Waals surface area contributed by atoms with Gasteiger partial charge in [0.05, 0.1) is 5.75 Å². The van der Waals surface area contributed by atoms with E-state index in [4.69, 9.17) is 4.74 Å². The number of halogens is 2. The minimum atomic E-state index is -0.478. The molecule has 0 atom stereocenters. The van der Waals surface area contributed by atoms with E-state index >= 15 is 0 Å². The first-order valence-corrected chi connectivity index (χ1v) is 9.28. The van der Waals surface area contributed by atoms with Crippen LogP contribution in [-0.4, -0.2) is 24.2 Å². The van der Waals surface area contributed by atoms with Crippen LogP contribution in [-0.2, 0) is 20.9 Å². The van der Waals surface area contributed by atoms with Gasteiger partial charge in [0.25, 0.3) is 5.91 Å². The highest BCUT2D eigenvalue weighted by atomic mass is 79.9. The van der Waals surface area contributed by atoms with Gasteiger partial charge in [0, 0.05) is 21.5 Å². The zero-order chi connectivity index (χ0) is 18.2. The molecule has 0 saturated heterocycles. The lowest BCUT2D eigenvalue weighted by atomic mass is 10.2. The molecular formula is C18H17BrFNO3S. The summed E-state index contributed by atoms with van der Waals surface area (Å²) in [7, 11) is 0. The lowest BCUT2D eigenvalue weighted by molar-refractivity contribution is -0.145. The summed E-state index contributed by atoms with van der Waals surface area (Å²) in [6.07, 6.45) is 0. The number of benzene rings is 2. The molecule has 132 valence electrons. The molecule has 0 aliphatic carbocycles. The number of nitrogens with one attached hydrogen (secondary N) is 1. The van der Waals surface area contributed by atoms with Crippen molar-refractivity contribution in [3.63, 3.8) is 0 Å². The Morgan fingerprint density at radius 2 is 2.00 bits per heavy atom. The molecule has 25 heavy (non-hydrogen) atoms. The average molecular weight is 426 g/mol. The van der Waals surface area contributed by atoms with Crippen LogP contribution in [0.25, 0.3) is 0 Å². The molecule has 0 fully saturated rings. The lowest BCUT2D eigenvalue weighted by Gasteiger charge is -2.08. The summed E-state index contributed by atoms with van der Waals surface area (Å²) >= 11 is 4.74. The highest BCUT2D eigenvalue weighted by molar-refractivity contribution is 9.10. The van der Waals surface area contributed by atoms with E-state index in [0.717, 1.165) is 14.9 Å². The quantitative estimate of drug-likeness (QED) is 0.540. The van der Waals surface area contributed by atoms with Crippen molar-refractivity contribution >= 4 is 39.6 Å². The molecule has 4 nitrogen and oxygen atoms in total. The molecule has 0 bridgehead atoms.